The number of aromatic nitrogens is 1. The molecule has 0 bridgehead atoms. The molecule has 2 aromatic rings. The number of nitrogens with one attached hydrogen (secondary N) is 1. The van der Waals surface area contributed by atoms with Gasteiger partial charge in [-0.15, -0.1) is 11.3 Å². The third-order valence-corrected chi connectivity index (χ3v) is 5.49. The van der Waals surface area contributed by atoms with Crippen LogP contribution in [0, 0.1) is 0 Å². The molecule has 5 nitrogen and oxygen atoms in total. The van der Waals surface area contributed by atoms with Gasteiger partial charge < -0.3 is 5.32 Å². The number of thiazole rings is 1. The fraction of sp³-hybridized carbons (Fsp3) is 0.529. The number of piperazine rings is 1. The van der Waals surface area contributed by atoms with Crippen LogP contribution in [0.1, 0.15) is 17.8 Å². The summed E-state index contributed by atoms with van der Waals surface area (Å²) in [4.78, 5) is 21.3. The first kappa shape index (κ1) is 15.1. The molecule has 1 aliphatic carbocycles. The zero-order valence-electron chi connectivity index (χ0n) is 13.2. The van der Waals surface area contributed by atoms with Crippen LogP contribution in [0.15, 0.2) is 24.3 Å². The minimum Gasteiger partial charge on any atom is -0.352 e. The number of nitrogens with zero attached hydrogens (tertiary/aromatic N) is 3. The van der Waals surface area contributed by atoms with Crippen molar-refractivity contribution in [2.45, 2.75) is 25.4 Å². The van der Waals surface area contributed by atoms with Crippen molar-refractivity contribution < 1.29 is 4.79 Å². The Kier molecular flexibility index (Phi) is 4.29. The molecule has 0 unspecified atom stereocenters. The molecule has 0 spiro atoms. The first-order valence-corrected chi connectivity index (χ1v) is 9.16. The van der Waals surface area contributed by atoms with Crippen molar-refractivity contribution in [3.05, 3.63) is 29.3 Å². The van der Waals surface area contributed by atoms with E-state index in [1.165, 1.54) is 9.71 Å². The van der Waals surface area contributed by atoms with Crippen LogP contribution in [0.2, 0.25) is 0 Å². The second-order valence-electron chi connectivity index (χ2n) is 6.47. The van der Waals surface area contributed by atoms with E-state index in [-0.39, 0.29) is 5.91 Å². The van der Waals surface area contributed by atoms with E-state index in [0.717, 1.165) is 51.1 Å². The van der Waals surface area contributed by atoms with Crippen LogP contribution in [0.5, 0.6) is 0 Å². The van der Waals surface area contributed by atoms with Crippen molar-refractivity contribution >= 4 is 27.5 Å². The number of hydrogen-bond donors (Lipinski definition) is 1. The minimum absolute atomic E-state index is 0.187. The lowest BCUT2D eigenvalue weighted by molar-refractivity contribution is -0.122. The SMILES string of the molecule is O=C(CN1CCN(Cc2nc3ccccc3s2)CC1)NC1CC1. The van der Waals surface area contributed by atoms with E-state index in [0.29, 0.717) is 12.6 Å². The van der Waals surface area contributed by atoms with Gasteiger partial charge in [0, 0.05) is 32.2 Å². The number of carbonyl (C=O) groups is 1. The van der Waals surface area contributed by atoms with Crippen molar-refractivity contribution in [2.75, 3.05) is 32.7 Å². The van der Waals surface area contributed by atoms with Crippen LogP contribution >= 0.6 is 11.3 Å². The maximum Gasteiger partial charge on any atom is 0.234 e. The van der Waals surface area contributed by atoms with E-state index < -0.39 is 0 Å². The van der Waals surface area contributed by atoms with Gasteiger partial charge in [-0.25, -0.2) is 4.98 Å². The summed E-state index contributed by atoms with van der Waals surface area (Å²) in [6.45, 7) is 5.40. The average Bonchev–Trinajstić information content (AvgIpc) is 3.25. The molecule has 1 aliphatic heterocycles. The van der Waals surface area contributed by atoms with Crippen molar-refractivity contribution in [3.63, 3.8) is 0 Å². The van der Waals surface area contributed by atoms with Crippen molar-refractivity contribution in [2.24, 2.45) is 0 Å². The van der Waals surface area contributed by atoms with Crippen LogP contribution in [0.3, 0.4) is 0 Å². The average molecular weight is 330 g/mol. The lowest BCUT2D eigenvalue weighted by Gasteiger charge is -2.33. The highest BCUT2D eigenvalue weighted by molar-refractivity contribution is 7.18. The molecular weight excluding hydrogens is 308 g/mol. The van der Waals surface area contributed by atoms with Crippen LogP contribution in [-0.4, -0.2) is 59.5 Å². The zero-order chi connectivity index (χ0) is 15.6. The van der Waals surface area contributed by atoms with E-state index >= 15 is 0 Å². The van der Waals surface area contributed by atoms with Gasteiger partial charge in [0.2, 0.25) is 5.91 Å². The predicted octanol–water partition coefficient (Wildman–Crippen LogP) is 1.69. The molecule has 1 amide bonds. The summed E-state index contributed by atoms with van der Waals surface area (Å²) in [5.41, 5.74) is 1.10. The quantitative estimate of drug-likeness (QED) is 0.906. The predicted molar refractivity (Wildman–Crippen MR) is 92.5 cm³/mol. The van der Waals surface area contributed by atoms with Crippen LogP contribution < -0.4 is 5.32 Å². The largest absolute Gasteiger partial charge is 0.352 e. The van der Waals surface area contributed by atoms with E-state index in [9.17, 15) is 4.79 Å². The van der Waals surface area contributed by atoms with Gasteiger partial charge in [0.1, 0.15) is 5.01 Å². The van der Waals surface area contributed by atoms with Gasteiger partial charge in [0.05, 0.1) is 23.3 Å². The summed E-state index contributed by atoms with van der Waals surface area (Å²) in [6, 6.07) is 8.77. The van der Waals surface area contributed by atoms with E-state index in [1.807, 2.05) is 6.07 Å². The third kappa shape index (κ3) is 3.88. The van der Waals surface area contributed by atoms with Gasteiger partial charge >= 0.3 is 0 Å². The summed E-state index contributed by atoms with van der Waals surface area (Å²) in [5.74, 6) is 0.187. The summed E-state index contributed by atoms with van der Waals surface area (Å²) in [5, 5.41) is 4.25. The molecule has 2 heterocycles. The number of carbonyl (C=O) groups excluding carboxylic acids is 1. The van der Waals surface area contributed by atoms with Crippen LogP contribution in [0.25, 0.3) is 10.2 Å². The lowest BCUT2D eigenvalue weighted by atomic mass is 10.3. The second-order valence-corrected chi connectivity index (χ2v) is 7.58. The molecule has 6 heteroatoms. The van der Waals surface area contributed by atoms with E-state index in [1.54, 1.807) is 11.3 Å². The summed E-state index contributed by atoms with van der Waals surface area (Å²) < 4.78 is 1.26. The fourth-order valence-corrected chi connectivity index (χ4v) is 4.00. The Morgan fingerprint density at radius 1 is 1.17 bits per heavy atom. The Labute approximate surface area is 140 Å². The maximum absolute atomic E-state index is 11.9. The number of fused-ring (bicyclic) bond motifs is 1. The summed E-state index contributed by atoms with van der Waals surface area (Å²) >= 11 is 1.79. The molecule has 2 fully saturated rings. The highest BCUT2D eigenvalue weighted by Gasteiger charge is 2.25. The highest BCUT2D eigenvalue weighted by Crippen LogP contribution is 2.23. The van der Waals surface area contributed by atoms with E-state index in [4.69, 9.17) is 4.98 Å². The lowest BCUT2D eigenvalue weighted by Crippen LogP contribution is -2.49. The first-order valence-electron chi connectivity index (χ1n) is 8.35. The van der Waals surface area contributed by atoms with Crippen molar-refractivity contribution in [1.29, 1.82) is 0 Å². The zero-order valence-corrected chi connectivity index (χ0v) is 14.0. The molecule has 1 aromatic heterocycles. The molecule has 1 N–H and O–H groups in total. The number of hydrogen-bond acceptors (Lipinski definition) is 5. The van der Waals surface area contributed by atoms with Crippen LogP contribution in [0.4, 0.5) is 0 Å². The Morgan fingerprint density at radius 2 is 1.91 bits per heavy atom. The first-order chi connectivity index (χ1) is 11.3. The normalized spacial score (nSPS) is 20.0. The van der Waals surface area contributed by atoms with Gasteiger partial charge in [-0.1, -0.05) is 12.1 Å². The molecule has 4 rings (SSSR count). The van der Waals surface area contributed by atoms with Gasteiger partial charge in [0.25, 0.3) is 0 Å². The fourth-order valence-electron chi connectivity index (χ4n) is 2.99. The smallest absolute Gasteiger partial charge is 0.234 e. The molecule has 23 heavy (non-hydrogen) atoms. The second kappa shape index (κ2) is 6.55. The third-order valence-electron chi connectivity index (χ3n) is 4.47. The monoisotopic (exact) mass is 330 g/mol. The summed E-state index contributed by atoms with van der Waals surface area (Å²) in [7, 11) is 0. The topological polar surface area (TPSA) is 48.5 Å². The molecule has 1 aromatic carbocycles. The van der Waals surface area contributed by atoms with Gasteiger partial charge in [-0.2, -0.15) is 0 Å². The molecule has 1 saturated heterocycles. The van der Waals surface area contributed by atoms with Gasteiger partial charge in [-0.05, 0) is 25.0 Å². The molecular formula is C17H22N4OS. The molecule has 0 atom stereocenters. The van der Waals surface area contributed by atoms with Crippen molar-refractivity contribution in [3.8, 4) is 0 Å². The molecule has 2 aliphatic rings. The minimum atomic E-state index is 0.187. The molecule has 122 valence electrons. The van der Waals surface area contributed by atoms with Gasteiger partial charge in [0.15, 0.2) is 0 Å². The Balaban J connectivity index is 1.26. The van der Waals surface area contributed by atoms with Crippen LogP contribution in [-0.2, 0) is 11.3 Å². The molecule has 1 saturated carbocycles. The highest BCUT2D eigenvalue weighted by atomic mass is 32.1. The Bertz CT molecular complexity index is 656. The molecule has 0 radical (unpaired) electrons. The van der Waals surface area contributed by atoms with Crippen molar-refractivity contribution in [1.82, 2.24) is 20.1 Å². The standard InChI is InChI=1S/C17H22N4OS/c22-16(18-13-5-6-13)11-20-7-9-21(10-8-20)12-17-19-14-3-1-2-4-15(14)23-17/h1-4,13H,5-12H2,(H,18,22). The Hall–Kier alpha value is -1.50. The number of para-hydroxylation sites is 1. The Morgan fingerprint density at radius 3 is 2.65 bits per heavy atom. The maximum atomic E-state index is 11.9. The summed E-state index contributed by atoms with van der Waals surface area (Å²) in [6.07, 6.45) is 2.31. The number of rotatable bonds is 5. The van der Waals surface area contributed by atoms with Gasteiger partial charge in [-0.3, -0.25) is 14.6 Å². The number of benzene rings is 1. The van der Waals surface area contributed by atoms with E-state index in [2.05, 4.69) is 33.3 Å². The number of amides is 1.